The van der Waals surface area contributed by atoms with Crippen molar-refractivity contribution in [3.05, 3.63) is 25.3 Å². The lowest BCUT2D eigenvalue weighted by Gasteiger charge is -2.18. The average molecular weight is 198 g/mol. The molecule has 0 aliphatic heterocycles. The first-order valence-electron chi connectivity index (χ1n) is 4.09. The maximum atomic E-state index is 10.6. The van der Waals surface area contributed by atoms with Crippen molar-refractivity contribution in [3.63, 3.8) is 0 Å². The zero-order valence-electron chi connectivity index (χ0n) is 8.96. The molecular weight excluding hydrogens is 180 g/mol. The largest absolute Gasteiger partial charge is 0.366 e. The Kier molecular flexibility index (Phi) is 7.34. The molecule has 0 aromatic rings. The summed E-state index contributed by atoms with van der Waals surface area (Å²) in [6.45, 7) is 12.2. The summed E-state index contributed by atoms with van der Waals surface area (Å²) >= 11 is 0. The Labute approximate surface area is 84.9 Å². The highest BCUT2D eigenvalue weighted by molar-refractivity contribution is 5.87. The van der Waals surface area contributed by atoms with Crippen LogP contribution in [0, 0.1) is 0 Å². The van der Waals surface area contributed by atoms with E-state index in [0.29, 0.717) is 0 Å². The molecular formula is C10H18N2O2. The summed E-state index contributed by atoms with van der Waals surface area (Å²) in [4.78, 5) is 20.1. The van der Waals surface area contributed by atoms with Gasteiger partial charge in [0, 0.05) is 5.54 Å². The van der Waals surface area contributed by atoms with Gasteiger partial charge in [-0.2, -0.15) is 0 Å². The van der Waals surface area contributed by atoms with Crippen LogP contribution in [0.1, 0.15) is 20.8 Å². The molecule has 0 fully saturated rings. The molecule has 0 atom stereocenters. The minimum absolute atomic E-state index is 0.123. The standard InChI is InChI=1S/C7H13NO.C3H5NO/c1-5-6(9)8-7(2,3)4;1-2-3(4)5/h5H,1H2,2-4H3,(H,8,9);2H,1H2,(H2,4,5). The molecule has 14 heavy (non-hydrogen) atoms. The number of amides is 2. The van der Waals surface area contributed by atoms with Gasteiger partial charge in [0.05, 0.1) is 0 Å². The molecule has 3 N–H and O–H groups in total. The van der Waals surface area contributed by atoms with Crippen molar-refractivity contribution in [3.8, 4) is 0 Å². The molecule has 0 aliphatic rings. The van der Waals surface area contributed by atoms with E-state index < -0.39 is 5.91 Å². The van der Waals surface area contributed by atoms with E-state index in [1.54, 1.807) is 0 Å². The van der Waals surface area contributed by atoms with Gasteiger partial charge in [-0.05, 0) is 32.9 Å². The highest BCUT2D eigenvalue weighted by Gasteiger charge is 2.10. The van der Waals surface area contributed by atoms with Gasteiger partial charge in [0.1, 0.15) is 0 Å². The Morgan fingerprint density at radius 1 is 1.21 bits per heavy atom. The summed E-state index contributed by atoms with van der Waals surface area (Å²) in [5.74, 6) is -0.604. The fraction of sp³-hybridized carbons (Fsp3) is 0.400. The van der Waals surface area contributed by atoms with E-state index in [2.05, 4.69) is 24.2 Å². The molecule has 0 saturated carbocycles. The smallest absolute Gasteiger partial charge is 0.243 e. The fourth-order valence-electron chi connectivity index (χ4n) is 0.421. The zero-order chi connectivity index (χ0) is 11.8. The van der Waals surface area contributed by atoms with E-state index in [4.69, 9.17) is 0 Å². The third-order valence-corrected chi connectivity index (χ3v) is 0.885. The minimum atomic E-state index is -0.481. The van der Waals surface area contributed by atoms with Crippen molar-refractivity contribution >= 4 is 11.8 Å². The Bertz CT molecular complexity index is 227. The maximum Gasteiger partial charge on any atom is 0.243 e. The number of nitrogens with two attached hydrogens (primary N) is 1. The average Bonchev–Trinajstić information content (AvgIpc) is 2.02. The lowest BCUT2D eigenvalue weighted by Crippen LogP contribution is -2.39. The second-order valence-electron chi connectivity index (χ2n) is 3.55. The molecule has 0 unspecified atom stereocenters. The number of carbonyl (C=O) groups is 2. The van der Waals surface area contributed by atoms with Gasteiger partial charge in [-0.25, -0.2) is 0 Å². The zero-order valence-corrected chi connectivity index (χ0v) is 8.96. The molecule has 0 aliphatic carbocycles. The van der Waals surface area contributed by atoms with Gasteiger partial charge in [-0.1, -0.05) is 13.2 Å². The number of primary amides is 1. The molecule has 0 spiro atoms. The van der Waals surface area contributed by atoms with Gasteiger partial charge in [-0.3, -0.25) is 9.59 Å². The van der Waals surface area contributed by atoms with Gasteiger partial charge >= 0.3 is 0 Å². The van der Waals surface area contributed by atoms with E-state index in [-0.39, 0.29) is 11.4 Å². The van der Waals surface area contributed by atoms with E-state index >= 15 is 0 Å². The highest BCUT2D eigenvalue weighted by atomic mass is 16.1. The SMILES string of the molecule is C=CC(=O)NC(C)(C)C.C=CC(N)=O. The van der Waals surface area contributed by atoms with Gasteiger partial charge < -0.3 is 11.1 Å². The Morgan fingerprint density at radius 2 is 1.57 bits per heavy atom. The molecule has 0 bridgehead atoms. The summed E-state index contributed by atoms with van der Waals surface area (Å²) in [5, 5.41) is 2.71. The van der Waals surface area contributed by atoms with Gasteiger partial charge in [0.2, 0.25) is 11.8 Å². The van der Waals surface area contributed by atoms with E-state index in [9.17, 15) is 9.59 Å². The first-order valence-corrected chi connectivity index (χ1v) is 4.09. The highest BCUT2D eigenvalue weighted by Crippen LogP contribution is 1.97. The number of rotatable bonds is 2. The van der Waals surface area contributed by atoms with Crippen molar-refractivity contribution in [1.29, 1.82) is 0 Å². The summed E-state index contributed by atoms with van der Waals surface area (Å²) < 4.78 is 0. The second-order valence-corrected chi connectivity index (χ2v) is 3.55. The molecule has 0 radical (unpaired) electrons. The maximum absolute atomic E-state index is 10.6. The van der Waals surface area contributed by atoms with Crippen LogP contribution < -0.4 is 11.1 Å². The first-order chi connectivity index (χ1) is 6.22. The second kappa shape index (κ2) is 6.88. The third-order valence-electron chi connectivity index (χ3n) is 0.885. The monoisotopic (exact) mass is 198 g/mol. The molecule has 4 nitrogen and oxygen atoms in total. The lowest BCUT2D eigenvalue weighted by molar-refractivity contribution is -0.117. The van der Waals surface area contributed by atoms with Crippen molar-refractivity contribution in [1.82, 2.24) is 5.32 Å². The Hall–Kier alpha value is -1.58. The van der Waals surface area contributed by atoms with Gasteiger partial charge in [-0.15, -0.1) is 0 Å². The number of hydrogen-bond acceptors (Lipinski definition) is 2. The van der Waals surface area contributed by atoms with Crippen LogP contribution in [-0.4, -0.2) is 17.4 Å². The molecule has 0 heterocycles. The molecule has 0 aromatic carbocycles. The fourth-order valence-corrected chi connectivity index (χ4v) is 0.421. The van der Waals surface area contributed by atoms with Crippen LogP contribution in [0.2, 0.25) is 0 Å². The topological polar surface area (TPSA) is 72.2 Å². The van der Waals surface area contributed by atoms with Gasteiger partial charge in [0.15, 0.2) is 0 Å². The molecule has 0 saturated heterocycles. The van der Waals surface area contributed by atoms with Crippen LogP contribution in [0.4, 0.5) is 0 Å². The van der Waals surface area contributed by atoms with Crippen LogP contribution in [-0.2, 0) is 9.59 Å². The number of nitrogens with one attached hydrogen (secondary N) is 1. The molecule has 80 valence electrons. The number of carbonyl (C=O) groups excluding carboxylic acids is 2. The van der Waals surface area contributed by atoms with Crippen molar-refractivity contribution < 1.29 is 9.59 Å². The lowest BCUT2D eigenvalue weighted by atomic mass is 10.1. The summed E-state index contributed by atoms with van der Waals surface area (Å²) in [7, 11) is 0. The third kappa shape index (κ3) is 16.8. The van der Waals surface area contributed by atoms with Gasteiger partial charge in [0.25, 0.3) is 0 Å². The quantitative estimate of drug-likeness (QED) is 0.642. The van der Waals surface area contributed by atoms with Crippen molar-refractivity contribution in [2.45, 2.75) is 26.3 Å². The molecule has 2 amide bonds. The van der Waals surface area contributed by atoms with Crippen molar-refractivity contribution in [2.24, 2.45) is 5.73 Å². The Balaban J connectivity index is 0. The number of hydrogen-bond donors (Lipinski definition) is 2. The van der Waals surface area contributed by atoms with E-state index in [0.717, 1.165) is 6.08 Å². The van der Waals surface area contributed by atoms with Crippen LogP contribution in [0.5, 0.6) is 0 Å². The molecule has 4 heteroatoms. The normalized spacial score (nSPS) is 9.07. The summed E-state index contributed by atoms with van der Waals surface area (Å²) in [6, 6.07) is 0. The first kappa shape index (κ1) is 14.9. The predicted molar refractivity (Wildman–Crippen MR) is 57.5 cm³/mol. The predicted octanol–water partition coefficient (Wildman–Crippen LogP) is 0.745. The summed E-state index contributed by atoms with van der Waals surface area (Å²) in [5.41, 5.74) is 4.39. The van der Waals surface area contributed by atoms with Crippen LogP contribution in [0.25, 0.3) is 0 Å². The van der Waals surface area contributed by atoms with Crippen LogP contribution >= 0.6 is 0 Å². The summed E-state index contributed by atoms with van der Waals surface area (Å²) in [6.07, 6.45) is 2.32. The Morgan fingerprint density at radius 3 is 1.64 bits per heavy atom. The van der Waals surface area contributed by atoms with Crippen LogP contribution in [0.3, 0.4) is 0 Å². The van der Waals surface area contributed by atoms with Crippen LogP contribution in [0.15, 0.2) is 25.3 Å². The minimum Gasteiger partial charge on any atom is -0.366 e. The van der Waals surface area contributed by atoms with Crippen molar-refractivity contribution in [2.75, 3.05) is 0 Å². The molecule has 0 rings (SSSR count). The van der Waals surface area contributed by atoms with E-state index in [1.165, 1.54) is 6.08 Å². The molecule has 0 aromatic heterocycles. The van der Waals surface area contributed by atoms with E-state index in [1.807, 2.05) is 20.8 Å².